The smallest absolute Gasteiger partial charge is 0.247 e. The lowest BCUT2D eigenvalue weighted by Gasteiger charge is -2.33. The first-order chi connectivity index (χ1) is 15.0. The fourth-order valence-corrected chi connectivity index (χ4v) is 4.17. The topological polar surface area (TPSA) is 58.6 Å². The van der Waals surface area contributed by atoms with Crippen molar-refractivity contribution in [2.75, 3.05) is 13.0 Å². The van der Waals surface area contributed by atoms with Crippen LogP contribution in [0.25, 0.3) is 0 Å². The van der Waals surface area contributed by atoms with Crippen LogP contribution in [0, 0.1) is 5.82 Å². The molecule has 1 fully saturated rings. The van der Waals surface area contributed by atoms with Crippen molar-refractivity contribution in [1.29, 1.82) is 0 Å². The number of ether oxygens (including phenoxy) is 1. The average Bonchev–Trinajstić information content (AvgIpc) is 2.80. The van der Waals surface area contributed by atoms with Crippen LogP contribution in [0.3, 0.4) is 0 Å². The summed E-state index contributed by atoms with van der Waals surface area (Å²) in [5, 5.41) is 3.11. The Morgan fingerprint density at radius 3 is 2.52 bits per heavy atom. The molecule has 1 aliphatic rings. The van der Waals surface area contributed by atoms with E-state index >= 15 is 0 Å². The summed E-state index contributed by atoms with van der Waals surface area (Å²) in [6.45, 7) is 0.170. The third-order valence-corrected chi connectivity index (χ3v) is 5.85. The Balaban J connectivity index is 1.94. The van der Waals surface area contributed by atoms with Crippen molar-refractivity contribution in [2.45, 2.75) is 50.7 Å². The van der Waals surface area contributed by atoms with Gasteiger partial charge in [-0.3, -0.25) is 9.59 Å². The molecule has 0 unspecified atom stereocenters. The van der Waals surface area contributed by atoms with Crippen molar-refractivity contribution in [3.05, 3.63) is 65.5 Å². The minimum atomic E-state index is -0.917. The van der Waals surface area contributed by atoms with Crippen LogP contribution in [-0.4, -0.2) is 35.7 Å². The molecule has 0 aliphatic heterocycles. The number of hydrogen-bond acceptors (Lipinski definition) is 3. The van der Waals surface area contributed by atoms with Gasteiger partial charge in [0.2, 0.25) is 11.8 Å². The van der Waals surface area contributed by atoms with E-state index in [9.17, 15) is 14.0 Å². The van der Waals surface area contributed by atoms with Crippen LogP contribution in [0.1, 0.15) is 49.3 Å². The van der Waals surface area contributed by atoms with Gasteiger partial charge in [0.05, 0.1) is 7.11 Å². The first-order valence-corrected chi connectivity index (χ1v) is 11.1. The Bertz CT molecular complexity index is 885. The maximum absolute atomic E-state index is 13.6. The molecule has 0 radical (unpaired) electrons. The van der Waals surface area contributed by atoms with Gasteiger partial charge in [0, 0.05) is 12.6 Å². The van der Waals surface area contributed by atoms with Crippen LogP contribution in [0.5, 0.6) is 5.75 Å². The summed E-state index contributed by atoms with van der Waals surface area (Å²) in [7, 11) is 1.57. The second-order valence-electron chi connectivity index (χ2n) is 7.80. The third-order valence-electron chi connectivity index (χ3n) is 5.62. The Hall–Kier alpha value is -2.60. The van der Waals surface area contributed by atoms with Gasteiger partial charge in [-0.05, 0) is 48.2 Å². The average molecular weight is 447 g/mol. The zero-order valence-corrected chi connectivity index (χ0v) is 18.4. The molecular weight excluding hydrogens is 419 g/mol. The molecule has 0 aromatic heterocycles. The van der Waals surface area contributed by atoms with Gasteiger partial charge in [-0.15, -0.1) is 11.6 Å². The number of nitrogens with one attached hydrogen (secondary N) is 1. The fraction of sp³-hybridized carbons (Fsp3) is 0.417. The number of nitrogens with zero attached hydrogens (tertiary/aromatic N) is 1. The van der Waals surface area contributed by atoms with E-state index in [1.54, 1.807) is 19.2 Å². The highest BCUT2D eigenvalue weighted by atomic mass is 35.5. The normalized spacial score (nSPS) is 15.2. The molecule has 2 aromatic rings. The van der Waals surface area contributed by atoms with E-state index in [1.807, 2.05) is 24.3 Å². The van der Waals surface area contributed by atoms with Gasteiger partial charge >= 0.3 is 0 Å². The van der Waals surface area contributed by atoms with Gasteiger partial charge in [-0.1, -0.05) is 43.5 Å². The second kappa shape index (κ2) is 11.1. The summed E-state index contributed by atoms with van der Waals surface area (Å²) in [5.74, 6) is -0.672. The van der Waals surface area contributed by atoms with Gasteiger partial charge < -0.3 is 15.0 Å². The molecule has 1 aliphatic carbocycles. The van der Waals surface area contributed by atoms with Crippen LogP contribution in [0.2, 0.25) is 0 Å². The predicted molar refractivity (Wildman–Crippen MR) is 118 cm³/mol. The number of hydrogen-bond donors (Lipinski definition) is 1. The molecule has 166 valence electrons. The van der Waals surface area contributed by atoms with Crippen LogP contribution < -0.4 is 10.1 Å². The summed E-state index contributed by atoms with van der Waals surface area (Å²) in [6.07, 6.45) is 5.14. The highest BCUT2D eigenvalue weighted by Crippen LogP contribution is 2.27. The van der Waals surface area contributed by atoms with Gasteiger partial charge in [0.1, 0.15) is 23.5 Å². The second-order valence-corrected chi connectivity index (χ2v) is 8.07. The van der Waals surface area contributed by atoms with Crippen LogP contribution >= 0.6 is 11.6 Å². The summed E-state index contributed by atoms with van der Waals surface area (Å²) in [6, 6.07) is 12.1. The van der Waals surface area contributed by atoms with Crippen LogP contribution in [-0.2, 0) is 16.1 Å². The van der Waals surface area contributed by atoms with E-state index in [0.717, 1.165) is 31.2 Å². The van der Waals surface area contributed by atoms with E-state index < -0.39 is 11.9 Å². The van der Waals surface area contributed by atoms with Gasteiger partial charge in [-0.2, -0.15) is 0 Å². The summed E-state index contributed by atoms with van der Waals surface area (Å²) < 4.78 is 18.8. The molecule has 0 bridgehead atoms. The molecule has 1 N–H and O–H groups in total. The molecule has 1 atom stereocenters. The Labute approximate surface area is 187 Å². The van der Waals surface area contributed by atoms with Gasteiger partial charge in [0.15, 0.2) is 0 Å². The summed E-state index contributed by atoms with van der Waals surface area (Å²) in [4.78, 5) is 27.7. The van der Waals surface area contributed by atoms with Crippen molar-refractivity contribution in [2.24, 2.45) is 0 Å². The standard InChI is InChI=1S/C24H28ClFN2O3/c1-31-21-9-5-6-17(14-21)16-28(22(29)15-25)23(18-10-12-19(26)13-11-18)24(30)27-20-7-3-2-4-8-20/h5-6,9-14,20,23H,2-4,7-8,15-16H2,1H3,(H,27,30)/t23-/m0/s1. The predicted octanol–water partition coefficient (Wildman–Crippen LogP) is 4.59. The van der Waals surface area contributed by atoms with E-state index in [2.05, 4.69) is 5.32 Å². The lowest BCUT2D eigenvalue weighted by Crippen LogP contribution is -2.47. The highest BCUT2D eigenvalue weighted by molar-refractivity contribution is 6.27. The molecule has 5 nitrogen and oxygen atoms in total. The number of benzene rings is 2. The minimum absolute atomic E-state index is 0.0778. The Morgan fingerprint density at radius 2 is 1.87 bits per heavy atom. The van der Waals surface area contributed by atoms with Crippen molar-refractivity contribution in [3.63, 3.8) is 0 Å². The van der Waals surface area contributed by atoms with Gasteiger partial charge in [0.25, 0.3) is 0 Å². The SMILES string of the molecule is COc1cccc(CN(C(=O)CCl)[C@H](C(=O)NC2CCCCC2)c2ccc(F)cc2)c1. The lowest BCUT2D eigenvalue weighted by atomic mass is 9.94. The molecule has 1 saturated carbocycles. The molecule has 31 heavy (non-hydrogen) atoms. The van der Waals surface area contributed by atoms with Crippen molar-refractivity contribution < 1.29 is 18.7 Å². The number of methoxy groups -OCH3 is 1. The fourth-order valence-electron chi connectivity index (χ4n) is 4.01. The summed E-state index contributed by atoms with van der Waals surface area (Å²) in [5.41, 5.74) is 1.34. The molecule has 3 rings (SSSR count). The van der Waals surface area contributed by atoms with Crippen molar-refractivity contribution >= 4 is 23.4 Å². The molecule has 2 amide bonds. The number of rotatable bonds is 8. The Kier molecular flexibility index (Phi) is 8.29. The van der Waals surface area contributed by atoms with E-state index in [-0.39, 0.29) is 30.3 Å². The van der Waals surface area contributed by atoms with E-state index in [4.69, 9.17) is 16.3 Å². The van der Waals surface area contributed by atoms with Crippen molar-refractivity contribution in [1.82, 2.24) is 10.2 Å². The van der Waals surface area contributed by atoms with Crippen LogP contribution in [0.15, 0.2) is 48.5 Å². The van der Waals surface area contributed by atoms with E-state index in [1.165, 1.54) is 23.5 Å². The van der Waals surface area contributed by atoms with Crippen LogP contribution in [0.4, 0.5) is 4.39 Å². The lowest BCUT2D eigenvalue weighted by molar-refractivity contribution is -0.140. The zero-order chi connectivity index (χ0) is 22.2. The molecular formula is C24H28ClFN2O3. The molecule has 2 aromatic carbocycles. The van der Waals surface area contributed by atoms with E-state index in [0.29, 0.717) is 11.3 Å². The van der Waals surface area contributed by atoms with Crippen molar-refractivity contribution in [3.8, 4) is 5.75 Å². The number of alkyl halides is 1. The molecule has 0 saturated heterocycles. The largest absolute Gasteiger partial charge is 0.497 e. The first kappa shape index (κ1) is 23.1. The van der Waals surface area contributed by atoms with Gasteiger partial charge in [-0.25, -0.2) is 4.39 Å². The maximum Gasteiger partial charge on any atom is 0.247 e. The highest BCUT2D eigenvalue weighted by Gasteiger charge is 2.32. The monoisotopic (exact) mass is 446 g/mol. The number of carbonyl (C=O) groups is 2. The zero-order valence-electron chi connectivity index (χ0n) is 17.7. The molecule has 0 spiro atoms. The minimum Gasteiger partial charge on any atom is -0.497 e. The summed E-state index contributed by atoms with van der Waals surface area (Å²) >= 11 is 5.92. The third kappa shape index (κ3) is 6.20. The first-order valence-electron chi connectivity index (χ1n) is 10.6. The number of halogens is 2. The molecule has 7 heteroatoms. The quantitative estimate of drug-likeness (QED) is 0.603. The number of amides is 2. The maximum atomic E-state index is 13.6. The number of carbonyl (C=O) groups excluding carboxylic acids is 2. The molecule has 0 heterocycles. The Morgan fingerprint density at radius 1 is 1.16 bits per heavy atom.